The summed E-state index contributed by atoms with van der Waals surface area (Å²) in [6.07, 6.45) is 0. The molecule has 9 rings (SSSR count). The first-order chi connectivity index (χ1) is 34.9. The fraction of sp³-hybridized carbons (Fsp3) is 0.156. The molecule has 0 saturated carbocycles. The second kappa shape index (κ2) is 21.2. The molecule has 0 bridgehead atoms. The van der Waals surface area contributed by atoms with Crippen LogP contribution in [-0.4, -0.2) is 23.6 Å². The average molecular weight is 947 g/mol. The van der Waals surface area contributed by atoms with Crippen LogP contribution in [0.4, 0.5) is 11.4 Å². The molecule has 4 amide bonds. The van der Waals surface area contributed by atoms with Crippen LogP contribution in [0.25, 0.3) is 66.1 Å². The average Bonchev–Trinajstić information content (AvgIpc) is 3.41. The maximum absolute atomic E-state index is 14.1. The molecule has 9 aromatic rings. The summed E-state index contributed by atoms with van der Waals surface area (Å²) in [6.45, 7) is 11.3. The molecule has 72 heavy (non-hydrogen) atoms. The van der Waals surface area contributed by atoms with Crippen LogP contribution in [0.15, 0.2) is 194 Å². The molecule has 8 nitrogen and oxygen atoms in total. The van der Waals surface area contributed by atoms with E-state index in [4.69, 9.17) is 0 Å². The van der Waals surface area contributed by atoms with Gasteiger partial charge >= 0.3 is 0 Å². The van der Waals surface area contributed by atoms with Crippen molar-refractivity contribution < 1.29 is 19.2 Å². The van der Waals surface area contributed by atoms with Gasteiger partial charge in [0.15, 0.2) is 0 Å². The second-order valence-corrected chi connectivity index (χ2v) is 19.0. The topological polar surface area (TPSA) is 116 Å². The van der Waals surface area contributed by atoms with Crippen LogP contribution in [0.2, 0.25) is 0 Å². The lowest BCUT2D eigenvalue weighted by Gasteiger charge is -2.24. The van der Waals surface area contributed by atoms with Crippen molar-refractivity contribution in [3.63, 3.8) is 0 Å². The Bertz CT molecular complexity index is 3220. The van der Waals surface area contributed by atoms with E-state index in [1.54, 1.807) is 0 Å². The van der Waals surface area contributed by atoms with Crippen LogP contribution in [0, 0.1) is 11.8 Å². The normalized spacial score (nSPS) is 12.1. The van der Waals surface area contributed by atoms with Crippen molar-refractivity contribution >= 4 is 56.5 Å². The fourth-order valence-electron chi connectivity index (χ4n) is 9.27. The van der Waals surface area contributed by atoms with Crippen LogP contribution < -0.4 is 21.3 Å². The van der Waals surface area contributed by atoms with Gasteiger partial charge in [-0.1, -0.05) is 198 Å². The Morgan fingerprint density at radius 3 is 1.00 bits per heavy atom. The summed E-state index contributed by atoms with van der Waals surface area (Å²) >= 11 is 0. The number of amides is 4. The number of rotatable bonds is 14. The monoisotopic (exact) mass is 946 g/mol. The first-order valence-electron chi connectivity index (χ1n) is 24.6. The lowest BCUT2D eigenvalue weighted by atomic mass is 9.87. The molecule has 9 aromatic carbocycles. The van der Waals surface area contributed by atoms with E-state index in [1.165, 1.54) is 0 Å². The first kappa shape index (κ1) is 48.4. The number of carbonyl (C=O) groups is 4. The molecule has 0 fully saturated rings. The predicted molar refractivity (Wildman–Crippen MR) is 295 cm³/mol. The van der Waals surface area contributed by atoms with Crippen LogP contribution in [0.3, 0.4) is 0 Å². The summed E-state index contributed by atoms with van der Waals surface area (Å²) in [4.78, 5) is 55.1. The van der Waals surface area contributed by atoms with Gasteiger partial charge in [-0.15, -0.1) is 0 Å². The zero-order valence-electron chi connectivity index (χ0n) is 41.4. The molecule has 0 saturated heterocycles. The molecule has 0 aromatic heterocycles. The number of anilines is 2. The molecular formula is C64H58N4O4. The summed E-state index contributed by atoms with van der Waals surface area (Å²) in [6, 6.07) is 63.4. The van der Waals surface area contributed by atoms with E-state index in [1.807, 2.05) is 187 Å². The number of hydrogen-bond donors (Lipinski definition) is 4. The Labute approximate surface area is 421 Å². The number of carbonyl (C=O) groups excluding carboxylic acids is 4. The standard InChI is InChI=1S/C64H58N4O4/c1-39(2)61(69)67-59-55(53-27-15-23-47-21-13-25-51(57(47)53)45-29-33-49(34-30-45)63(71)65-41(5)43-17-9-7-10-18-43)37-38-56(60(59)68-62(70)40(3)4)54-28-16-24-48-22-14-26-52(58(48)54)46-31-35-50(36-32-46)64(72)66-42(6)44-19-11-8-12-20-44/h7-42H,1-6H3,(H,65,71)(H,66,72)(H,67,69)(H,68,70). The van der Waals surface area contributed by atoms with Crippen LogP contribution in [0.5, 0.6) is 0 Å². The maximum Gasteiger partial charge on any atom is 0.251 e. The highest BCUT2D eigenvalue weighted by atomic mass is 16.2. The Hall–Kier alpha value is -8.62. The van der Waals surface area contributed by atoms with E-state index in [0.29, 0.717) is 22.5 Å². The van der Waals surface area contributed by atoms with Crippen molar-refractivity contribution in [3.8, 4) is 44.5 Å². The van der Waals surface area contributed by atoms with Crippen molar-refractivity contribution in [3.05, 3.63) is 216 Å². The predicted octanol–water partition coefficient (Wildman–Crippen LogP) is 14.8. The van der Waals surface area contributed by atoms with Crippen molar-refractivity contribution in [1.82, 2.24) is 10.6 Å². The minimum atomic E-state index is -0.375. The molecule has 0 aliphatic rings. The molecule has 0 heterocycles. The number of fused-ring (bicyclic) bond motifs is 2. The molecule has 0 radical (unpaired) electrons. The molecule has 2 unspecified atom stereocenters. The third kappa shape index (κ3) is 10.2. The Kier molecular flexibility index (Phi) is 14.2. The number of hydrogen-bond acceptors (Lipinski definition) is 4. The van der Waals surface area contributed by atoms with Gasteiger partial charge in [0.05, 0.1) is 23.5 Å². The van der Waals surface area contributed by atoms with Gasteiger partial charge in [0.25, 0.3) is 11.8 Å². The molecular weight excluding hydrogens is 889 g/mol. The molecule has 0 spiro atoms. The third-order valence-corrected chi connectivity index (χ3v) is 13.4. The summed E-state index contributed by atoms with van der Waals surface area (Å²) < 4.78 is 0. The third-order valence-electron chi connectivity index (χ3n) is 13.4. The van der Waals surface area contributed by atoms with Gasteiger partial charge in [0.2, 0.25) is 11.8 Å². The fourth-order valence-corrected chi connectivity index (χ4v) is 9.27. The van der Waals surface area contributed by atoms with E-state index in [9.17, 15) is 19.2 Å². The van der Waals surface area contributed by atoms with E-state index in [2.05, 4.69) is 69.8 Å². The van der Waals surface area contributed by atoms with Gasteiger partial charge in [0, 0.05) is 34.1 Å². The minimum Gasteiger partial charge on any atom is -0.346 e. The number of nitrogens with one attached hydrogen (secondary N) is 4. The lowest BCUT2D eigenvalue weighted by molar-refractivity contribution is -0.119. The van der Waals surface area contributed by atoms with Crippen molar-refractivity contribution in [2.45, 2.75) is 53.6 Å². The SMILES string of the molecule is CC(C)C(=O)Nc1c(-c2cccc3cccc(-c4ccc(C(=O)NC(C)c5ccccc5)cc4)c23)ccc(-c2cccc3cccc(-c4ccc(C(=O)NC(C)c5ccccc5)cc4)c23)c1NC(=O)C(C)C. The molecule has 8 heteroatoms. The Morgan fingerprint density at radius 2 is 0.667 bits per heavy atom. The van der Waals surface area contributed by atoms with Gasteiger partial charge in [0.1, 0.15) is 0 Å². The van der Waals surface area contributed by atoms with E-state index < -0.39 is 0 Å². The van der Waals surface area contributed by atoms with Gasteiger partial charge in [-0.2, -0.15) is 0 Å². The smallest absolute Gasteiger partial charge is 0.251 e. The molecule has 4 N–H and O–H groups in total. The molecule has 0 aliphatic heterocycles. The zero-order chi connectivity index (χ0) is 50.5. The van der Waals surface area contributed by atoms with Crippen LogP contribution in [-0.2, 0) is 9.59 Å². The Balaban J connectivity index is 1.16. The maximum atomic E-state index is 14.1. The minimum absolute atomic E-state index is 0.164. The quantitative estimate of drug-likeness (QED) is 0.0869. The first-order valence-corrected chi connectivity index (χ1v) is 24.6. The Morgan fingerprint density at radius 1 is 0.333 bits per heavy atom. The van der Waals surface area contributed by atoms with Gasteiger partial charge in [-0.3, -0.25) is 19.2 Å². The summed E-state index contributed by atoms with van der Waals surface area (Å²) in [5.74, 6) is -1.48. The van der Waals surface area contributed by atoms with Gasteiger partial charge in [-0.25, -0.2) is 0 Å². The van der Waals surface area contributed by atoms with E-state index in [-0.39, 0.29) is 47.5 Å². The van der Waals surface area contributed by atoms with Crippen LogP contribution >= 0.6 is 0 Å². The van der Waals surface area contributed by atoms with Crippen molar-refractivity contribution in [1.29, 1.82) is 0 Å². The van der Waals surface area contributed by atoms with Crippen molar-refractivity contribution in [2.24, 2.45) is 11.8 Å². The van der Waals surface area contributed by atoms with E-state index >= 15 is 0 Å². The van der Waals surface area contributed by atoms with E-state index in [0.717, 1.165) is 77.2 Å². The highest BCUT2D eigenvalue weighted by Crippen LogP contribution is 2.48. The van der Waals surface area contributed by atoms with Gasteiger partial charge in [-0.05, 0) is 104 Å². The summed E-state index contributed by atoms with van der Waals surface area (Å²) in [7, 11) is 0. The molecule has 2 atom stereocenters. The van der Waals surface area contributed by atoms with Crippen LogP contribution in [0.1, 0.15) is 85.5 Å². The second-order valence-electron chi connectivity index (χ2n) is 19.0. The zero-order valence-corrected chi connectivity index (χ0v) is 41.4. The molecule has 358 valence electrons. The summed E-state index contributed by atoms with van der Waals surface area (Å²) in [5, 5.41) is 16.7. The summed E-state index contributed by atoms with van der Waals surface area (Å²) in [5.41, 5.74) is 11.0. The lowest BCUT2D eigenvalue weighted by Crippen LogP contribution is -2.26. The number of benzene rings is 9. The highest BCUT2D eigenvalue weighted by molar-refractivity contribution is 6.17. The van der Waals surface area contributed by atoms with Crippen molar-refractivity contribution in [2.75, 3.05) is 10.6 Å². The highest BCUT2D eigenvalue weighted by Gasteiger charge is 2.25. The van der Waals surface area contributed by atoms with Gasteiger partial charge < -0.3 is 21.3 Å². The largest absolute Gasteiger partial charge is 0.346 e. The molecule has 0 aliphatic carbocycles.